The molecule has 0 spiro atoms. The smallest absolute Gasteiger partial charge is 0.0793 e. The molecule has 0 aliphatic heterocycles. The largest absolute Gasteiger partial charge is 0.388 e. The zero-order chi connectivity index (χ0) is 13.1. The van der Waals surface area contributed by atoms with Gasteiger partial charge in [0.15, 0.2) is 0 Å². The fourth-order valence-corrected chi connectivity index (χ4v) is 2.07. The molecule has 1 N–H and O–H groups in total. The Morgan fingerprint density at radius 1 is 1.22 bits per heavy atom. The quantitative estimate of drug-likeness (QED) is 0.898. The minimum absolute atomic E-state index is 0.404. The van der Waals surface area contributed by atoms with Gasteiger partial charge in [0.1, 0.15) is 0 Å². The zero-order valence-electron chi connectivity index (χ0n) is 11.2. The first kappa shape index (κ1) is 12.8. The molecule has 1 atom stereocenters. The molecule has 96 valence electrons. The number of aliphatic hydroxyl groups excluding tert-OH is 1. The van der Waals surface area contributed by atoms with Crippen molar-refractivity contribution in [1.82, 2.24) is 9.78 Å². The molecule has 3 nitrogen and oxygen atoms in total. The fourth-order valence-electron chi connectivity index (χ4n) is 2.07. The summed E-state index contributed by atoms with van der Waals surface area (Å²) < 4.78 is 1.85. The van der Waals surface area contributed by atoms with Gasteiger partial charge < -0.3 is 5.11 Å². The summed E-state index contributed by atoms with van der Waals surface area (Å²) >= 11 is 0. The SMILES string of the molecule is Cc1ccc(C(O)CCc2ccnn2C)cc1C. The van der Waals surface area contributed by atoms with Gasteiger partial charge in [-0.15, -0.1) is 0 Å². The molecule has 0 radical (unpaired) electrons. The van der Waals surface area contributed by atoms with Crippen LogP contribution >= 0.6 is 0 Å². The Labute approximate surface area is 108 Å². The Balaban J connectivity index is 2.01. The summed E-state index contributed by atoms with van der Waals surface area (Å²) in [6.45, 7) is 4.16. The average Bonchev–Trinajstić information content (AvgIpc) is 2.75. The lowest BCUT2D eigenvalue weighted by Crippen LogP contribution is -2.04. The minimum Gasteiger partial charge on any atom is -0.388 e. The van der Waals surface area contributed by atoms with Gasteiger partial charge in [0.25, 0.3) is 0 Å². The van der Waals surface area contributed by atoms with Gasteiger partial charge in [-0.05, 0) is 49.4 Å². The van der Waals surface area contributed by atoms with E-state index in [2.05, 4.69) is 31.1 Å². The van der Waals surface area contributed by atoms with Crippen LogP contribution in [-0.2, 0) is 13.5 Å². The van der Waals surface area contributed by atoms with Gasteiger partial charge in [-0.25, -0.2) is 0 Å². The number of aromatic nitrogens is 2. The number of hydrogen-bond acceptors (Lipinski definition) is 2. The molecule has 0 amide bonds. The molecule has 18 heavy (non-hydrogen) atoms. The number of aliphatic hydroxyl groups is 1. The first-order valence-corrected chi connectivity index (χ1v) is 6.30. The van der Waals surface area contributed by atoms with Crippen molar-refractivity contribution in [2.45, 2.75) is 32.8 Å². The number of nitrogens with zero attached hydrogens (tertiary/aromatic N) is 2. The lowest BCUT2D eigenvalue weighted by Gasteiger charge is -2.12. The summed E-state index contributed by atoms with van der Waals surface area (Å²) in [5.41, 5.74) is 4.64. The third-order valence-electron chi connectivity index (χ3n) is 3.51. The van der Waals surface area contributed by atoms with Crippen molar-refractivity contribution in [3.8, 4) is 0 Å². The molecule has 0 bridgehead atoms. The Hall–Kier alpha value is -1.61. The van der Waals surface area contributed by atoms with E-state index in [1.54, 1.807) is 6.20 Å². The maximum Gasteiger partial charge on any atom is 0.0793 e. The Morgan fingerprint density at radius 3 is 2.61 bits per heavy atom. The van der Waals surface area contributed by atoms with E-state index in [9.17, 15) is 5.11 Å². The van der Waals surface area contributed by atoms with Gasteiger partial charge >= 0.3 is 0 Å². The number of hydrogen-bond donors (Lipinski definition) is 1. The summed E-state index contributed by atoms with van der Waals surface area (Å²) in [5.74, 6) is 0. The van der Waals surface area contributed by atoms with E-state index in [1.165, 1.54) is 11.1 Å². The molecule has 0 fully saturated rings. The molecule has 0 aliphatic rings. The van der Waals surface area contributed by atoms with Crippen molar-refractivity contribution in [3.63, 3.8) is 0 Å². The third-order valence-corrected chi connectivity index (χ3v) is 3.51. The van der Waals surface area contributed by atoms with Crippen molar-refractivity contribution < 1.29 is 5.11 Å². The summed E-state index contributed by atoms with van der Waals surface area (Å²) in [6, 6.07) is 8.14. The van der Waals surface area contributed by atoms with E-state index in [0.29, 0.717) is 0 Å². The third kappa shape index (κ3) is 2.79. The highest BCUT2D eigenvalue weighted by molar-refractivity contribution is 5.31. The van der Waals surface area contributed by atoms with Crippen LogP contribution in [-0.4, -0.2) is 14.9 Å². The van der Waals surface area contributed by atoms with E-state index in [0.717, 1.165) is 24.1 Å². The van der Waals surface area contributed by atoms with Crippen LogP contribution in [0, 0.1) is 13.8 Å². The number of benzene rings is 1. The van der Waals surface area contributed by atoms with Crippen molar-refractivity contribution in [3.05, 3.63) is 52.8 Å². The second kappa shape index (κ2) is 5.36. The molecule has 1 aromatic heterocycles. The summed E-state index contributed by atoms with van der Waals surface area (Å²) in [6.07, 6.45) is 2.95. The summed E-state index contributed by atoms with van der Waals surface area (Å²) in [4.78, 5) is 0. The van der Waals surface area contributed by atoms with Crippen molar-refractivity contribution in [1.29, 1.82) is 0 Å². The highest BCUT2D eigenvalue weighted by Gasteiger charge is 2.09. The van der Waals surface area contributed by atoms with Crippen LogP contribution in [0.25, 0.3) is 0 Å². The molecular formula is C15H20N2O. The highest BCUT2D eigenvalue weighted by atomic mass is 16.3. The number of aryl methyl sites for hydroxylation is 4. The highest BCUT2D eigenvalue weighted by Crippen LogP contribution is 2.21. The van der Waals surface area contributed by atoms with Crippen LogP contribution in [0.1, 0.15) is 34.9 Å². The molecule has 2 aromatic rings. The number of rotatable bonds is 4. The lowest BCUT2D eigenvalue weighted by molar-refractivity contribution is 0.167. The predicted octanol–water partition coefficient (Wildman–Crippen LogP) is 2.70. The van der Waals surface area contributed by atoms with Gasteiger partial charge in [0.2, 0.25) is 0 Å². The monoisotopic (exact) mass is 244 g/mol. The van der Waals surface area contributed by atoms with E-state index >= 15 is 0 Å². The molecule has 2 rings (SSSR count). The second-order valence-electron chi connectivity index (χ2n) is 4.84. The maximum atomic E-state index is 10.2. The lowest BCUT2D eigenvalue weighted by atomic mass is 9.99. The van der Waals surface area contributed by atoms with Crippen LogP contribution in [0.2, 0.25) is 0 Å². The van der Waals surface area contributed by atoms with Gasteiger partial charge in [0.05, 0.1) is 6.10 Å². The van der Waals surface area contributed by atoms with Gasteiger partial charge in [-0.1, -0.05) is 18.2 Å². The van der Waals surface area contributed by atoms with Crippen molar-refractivity contribution in [2.24, 2.45) is 7.05 Å². The van der Waals surface area contributed by atoms with Crippen LogP contribution in [0.3, 0.4) is 0 Å². The van der Waals surface area contributed by atoms with E-state index < -0.39 is 6.10 Å². The fraction of sp³-hybridized carbons (Fsp3) is 0.400. The molecular weight excluding hydrogens is 224 g/mol. The standard InChI is InChI=1S/C15H20N2O/c1-11-4-5-13(10-12(11)2)15(18)7-6-14-8-9-16-17(14)3/h4-5,8-10,15,18H,6-7H2,1-3H3. The van der Waals surface area contributed by atoms with Gasteiger partial charge in [-0.2, -0.15) is 5.10 Å². The molecule has 1 unspecified atom stereocenters. The first-order valence-electron chi connectivity index (χ1n) is 6.30. The van der Waals surface area contributed by atoms with Gasteiger partial charge in [-0.3, -0.25) is 4.68 Å². The van der Waals surface area contributed by atoms with Crippen LogP contribution in [0.15, 0.2) is 30.5 Å². The molecule has 3 heteroatoms. The second-order valence-corrected chi connectivity index (χ2v) is 4.84. The van der Waals surface area contributed by atoms with Crippen molar-refractivity contribution >= 4 is 0 Å². The summed E-state index contributed by atoms with van der Waals surface area (Å²) in [5, 5.41) is 14.3. The van der Waals surface area contributed by atoms with E-state index in [-0.39, 0.29) is 0 Å². The zero-order valence-corrected chi connectivity index (χ0v) is 11.2. The molecule has 0 saturated heterocycles. The topological polar surface area (TPSA) is 38.1 Å². The van der Waals surface area contributed by atoms with E-state index in [1.807, 2.05) is 23.9 Å². The molecule has 0 aliphatic carbocycles. The minimum atomic E-state index is -0.404. The first-order chi connectivity index (χ1) is 8.58. The Bertz CT molecular complexity index is 531. The van der Waals surface area contributed by atoms with Crippen LogP contribution in [0.4, 0.5) is 0 Å². The molecule has 1 heterocycles. The predicted molar refractivity (Wildman–Crippen MR) is 72.4 cm³/mol. The van der Waals surface area contributed by atoms with Crippen LogP contribution in [0.5, 0.6) is 0 Å². The summed E-state index contributed by atoms with van der Waals surface area (Å²) in [7, 11) is 1.93. The van der Waals surface area contributed by atoms with E-state index in [4.69, 9.17) is 0 Å². The van der Waals surface area contributed by atoms with Crippen LogP contribution < -0.4 is 0 Å². The van der Waals surface area contributed by atoms with Crippen molar-refractivity contribution in [2.75, 3.05) is 0 Å². The maximum absolute atomic E-state index is 10.2. The Morgan fingerprint density at radius 2 is 2.00 bits per heavy atom. The Kier molecular flexibility index (Phi) is 3.82. The molecule has 1 aromatic carbocycles. The van der Waals surface area contributed by atoms with Gasteiger partial charge in [0, 0.05) is 18.9 Å². The molecule has 0 saturated carbocycles. The normalized spacial score (nSPS) is 12.7. The average molecular weight is 244 g/mol.